The van der Waals surface area contributed by atoms with Crippen LogP contribution in [-0.2, 0) is 9.84 Å². The van der Waals surface area contributed by atoms with Crippen molar-refractivity contribution in [3.63, 3.8) is 0 Å². The van der Waals surface area contributed by atoms with Crippen molar-refractivity contribution >= 4 is 25.8 Å². The minimum atomic E-state index is -3.03. The van der Waals surface area contributed by atoms with Crippen molar-refractivity contribution in [1.29, 1.82) is 0 Å². The Kier molecular flexibility index (Phi) is 5.24. The van der Waals surface area contributed by atoms with Crippen LogP contribution in [0.25, 0.3) is 0 Å². The highest BCUT2D eigenvalue weighted by Crippen LogP contribution is 2.28. The first-order chi connectivity index (χ1) is 8.22. The third-order valence-corrected chi connectivity index (χ3v) is 4.33. The zero-order valence-electron chi connectivity index (χ0n) is 9.79. The van der Waals surface area contributed by atoms with Crippen molar-refractivity contribution in [2.75, 3.05) is 12.0 Å². The van der Waals surface area contributed by atoms with Crippen LogP contribution in [0.4, 0.5) is 8.78 Å². The largest absolute Gasteiger partial charge is 0.324 e. The maximum Gasteiger partial charge on any atom is 0.173 e. The lowest BCUT2D eigenvalue weighted by Crippen LogP contribution is -2.14. The van der Waals surface area contributed by atoms with Crippen LogP contribution in [0, 0.1) is 11.6 Å². The molecule has 0 aromatic heterocycles. The molecule has 7 heteroatoms. The van der Waals surface area contributed by atoms with Crippen molar-refractivity contribution in [1.82, 2.24) is 0 Å². The molecule has 18 heavy (non-hydrogen) atoms. The van der Waals surface area contributed by atoms with Crippen LogP contribution in [0.1, 0.15) is 24.4 Å². The molecule has 0 amide bonds. The molecule has 3 nitrogen and oxygen atoms in total. The third-order valence-electron chi connectivity index (χ3n) is 2.49. The van der Waals surface area contributed by atoms with Gasteiger partial charge in [0.05, 0.1) is 4.47 Å². The van der Waals surface area contributed by atoms with E-state index in [1.54, 1.807) is 0 Å². The van der Waals surface area contributed by atoms with Gasteiger partial charge in [-0.1, -0.05) is 6.07 Å². The Bertz CT molecular complexity index is 534. The second kappa shape index (κ2) is 6.08. The number of nitrogens with two attached hydrogens (primary N) is 1. The fourth-order valence-corrected chi connectivity index (χ4v) is 2.85. The van der Waals surface area contributed by atoms with E-state index in [0.717, 1.165) is 12.3 Å². The zero-order valence-corrected chi connectivity index (χ0v) is 12.2. The van der Waals surface area contributed by atoms with Crippen LogP contribution in [0.3, 0.4) is 0 Å². The Morgan fingerprint density at radius 2 is 2.00 bits per heavy atom. The summed E-state index contributed by atoms with van der Waals surface area (Å²) in [7, 11) is -3.03. The van der Waals surface area contributed by atoms with Crippen LogP contribution < -0.4 is 5.73 Å². The molecule has 1 aromatic carbocycles. The number of rotatable bonds is 5. The minimum absolute atomic E-state index is 0.00523. The van der Waals surface area contributed by atoms with Crippen LogP contribution in [0.2, 0.25) is 0 Å². The first kappa shape index (κ1) is 15.5. The Balaban J connectivity index is 2.73. The van der Waals surface area contributed by atoms with Crippen molar-refractivity contribution < 1.29 is 17.2 Å². The molecule has 0 heterocycles. The summed E-state index contributed by atoms with van der Waals surface area (Å²) >= 11 is 2.95. The van der Waals surface area contributed by atoms with Gasteiger partial charge in [-0.25, -0.2) is 17.2 Å². The Morgan fingerprint density at radius 3 is 2.56 bits per heavy atom. The van der Waals surface area contributed by atoms with Crippen LogP contribution in [-0.4, -0.2) is 20.4 Å². The summed E-state index contributed by atoms with van der Waals surface area (Å²) in [5.41, 5.74) is 6.26. The average molecular weight is 342 g/mol. The first-order valence-electron chi connectivity index (χ1n) is 5.29. The molecule has 0 aliphatic rings. The van der Waals surface area contributed by atoms with Gasteiger partial charge in [-0.2, -0.15) is 0 Å². The van der Waals surface area contributed by atoms with Gasteiger partial charge in [-0.15, -0.1) is 0 Å². The van der Waals surface area contributed by atoms with E-state index < -0.39 is 27.5 Å². The molecule has 0 aliphatic carbocycles. The van der Waals surface area contributed by atoms with E-state index >= 15 is 0 Å². The van der Waals surface area contributed by atoms with Gasteiger partial charge in [0, 0.05) is 18.1 Å². The summed E-state index contributed by atoms with van der Waals surface area (Å²) in [5.74, 6) is -1.90. The Labute approximate surface area is 113 Å². The Morgan fingerprint density at radius 1 is 1.39 bits per heavy atom. The molecule has 0 fully saturated rings. The van der Waals surface area contributed by atoms with E-state index in [9.17, 15) is 17.2 Å². The van der Waals surface area contributed by atoms with Gasteiger partial charge in [0.2, 0.25) is 0 Å². The van der Waals surface area contributed by atoms with Crippen molar-refractivity contribution in [3.05, 3.63) is 33.8 Å². The molecule has 0 bridgehead atoms. The molecule has 0 spiro atoms. The van der Waals surface area contributed by atoms with Gasteiger partial charge >= 0.3 is 0 Å². The number of sulfone groups is 1. The lowest BCUT2D eigenvalue weighted by Gasteiger charge is -2.14. The smallest absolute Gasteiger partial charge is 0.173 e. The zero-order chi connectivity index (χ0) is 13.9. The van der Waals surface area contributed by atoms with Crippen LogP contribution in [0.15, 0.2) is 16.6 Å². The van der Waals surface area contributed by atoms with E-state index in [2.05, 4.69) is 15.9 Å². The van der Waals surface area contributed by atoms with Gasteiger partial charge in [-0.05, 0) is 40.4 Å². The lowest BCUT2D eigenvalue weighted by molar-refractivity contribution is 0.498. The van der Waals surface area contributed by atoms with Gasteiger partial charge in [-0.3, -0.25) is 0 Å². The fraction of sp³-hybridized carbons (Fsp3) is 0.455. The molecule has 1 aromatic rings. The van der Waals surface area contributed by atoms with Crippen LogP contribution >= 0.6 is 15.9 Å². The monoisotopic (exact) mass is 341 g/mol. The molecule has 0 saturated heterocycles. The predicted octanol–water partition coefficient (Wildman–Crippen LogP) is 2.55. The average Bonchev–Trinajstić information content (AvgIpc) is 2.24. The van der Waals surface area contributed by atoms with E-state index in [1.807, 2.05) is 0 Å². The predicted molar refractivity (Wildman–Crippen MR) is 69.9 cm³/mol. The minimum Gasteiger partial charge on any atom is -0.324 e. The second-order valence-corrected chi connectivity index (χ2v) is 7.20. The van der Waals surface area contributed by atoms with E-state index in [4.69, 9.17) is 5.73 Å². The summed E-state index contributed by atoms with van der Waals surface area (Å²) in [6.07, 6.45) is 1.91. The standard InChI is InChI=1S/C11H14BrF2NO2S/c1-18(16,17)6-2-3-9(15)7-4-5-8(13)11(14)10(7)12/h4-5,9H,2-3,6,15H2,1H3. The molecule has 1 rings (SSSR count). The lowest BCUT2D eigenvalue weighted by atomic mass is 10.0. The SMILES string of the molecule is CS(=O)(=O)CCCC(N)c1ccc(F)c(F)c1Br. The van der Waals surface area contributed by atoms with Gasteiger partial charge < -0.3 is 5.73 Å². The molecule has 2 N–H and O–H groups in total. The number of hydrogen-bond acceptors (Lipinski definition) is 3. The maximum atomic E-state index is 13.3. The second-order valence-electron chi connectivity index (χ2n) is 4.14. The molecule has 1 atom stereocenters. The highest BCUT2D eigenvalue weighted by atomic mass is 79.9. The van der Waals surface area contributed by atoms with Crippen molar-refractivity contribution in [3.8, 4) is 0 Å². The van der Waals surface area contributed by atoms with Crippen molar-refractivity contribution in [2.24, 2.45) is 5.73 Å². The van der Waals surface area contributed by atoms with E-state index in [-0.39, 0.29) is 10.2 Å². The molecule has 102 valence electrons. The molecule has 0 saturated carbocycles. The first-order valence-corrected chi connectivity index (χ1v) is 8.14. The third kappa shape index (κ3) is 4.29. The molecular weight excluding hydrogens is 328 g/mol. The topological polar surface area (TPSA) is 60.2 Å². The highest BCUT2D eigenvalue weighted by Gasteiger charge is 2.16. The summed E-state index contributed by atoms with van der Waals surface area (Å²) in [5, 5.41) is 0. The van der Waals surface area contributed by atoms with Gasteiger partial charge in [0.15, 0.2) is 11.6 Å². The summed E-state index contributed by atoms with van der Waals surface area (Å²) in [6, 6.07) is 1.87. The highest BCUT2D eigenvalue weighted by molar-refractivity contribution is 9.10. The van der Waals surface area contributed by atoms with Gasteiger partial charge in [0.25, 0.3) is 0 Å². The maximum absolute atomic E-state index is 13.3. The number of halogens is 3. The summed E-state index contributed by atoms with van der Waals surface area (Å²) in [6.45, 7) is 0. The molecule has 1 unspecified atom stereocenters. The van der Waals surface area contributed by atoms with E-state index in [0.29, 0.717) is 18.4 Å². The number of benzene rings is 1. The summed E-state index contributed by atoms with van der Waals surface area (Å²) < 4.78 is 48.1. The van der Waals surface area contributed by atoms with Crippen LogP contribution in [0.5, 0.6) is 0 Å². The van der Waals surface area contributed by atoms with Gasteiger partial charge in [0.1, 0.15) is 9.84 Å². The molecule has 0 radical (unpaired) electrons. The summed E-state index contributed by atoms with van der Waals surface area (Å²) in [4.78, 5) is 0. The quantitative estimate of drug-likeness (QED) is 0.837. The van der Waals surface area contributed by atoms with E-state index in [1.165, 1.54) is 6.07 Å². The molecule has 0 aliphatic heterocycles. The fourth-order valence-electron chi connectivity index (χ4n) is 1.55. The molecular formula is C11H14BrF2NO2S. The Hall–Kier alpha value is -0.530. The van der Waals surface area contributed by atoms with Crippen molar-refractivity contribution in [2.45, 2.75) is 18.9 Å². The number of hydrogen-bond donors (Lipinski definition) is 1. The normalized spacial score (nSPS) is 13.6.